The van der Waals surface area contributed by atoms with Crippen LogP contribution in [0.3, 0.4) is 0 Å². The van der Waals surface area contributed by atoms with Gasteiger partial charge in [-0.2, -0.15) is 0 Å². The summed E-state index contributed by atoms with van der Waals surface area (Å²) in [6, 6.07) is 0.541. The van der Waals surface area contributed by atoms with Crippen molar-refractivity contribution in [2.75, 3.05) is 39.6 Å². The van der Waals surface area contributed by atoms with Crippen molar-refractivity contribution in [1.82, 2.24) is 9.80 Å². The highest BCUT2D eigenvalue weighted by Crippen LogP contribution is 2.53. The molecule has 0 aliphatic heterocycles. The molecule has 51 heavy (non-hydrogen) atoms. The number of aliphatic hydroxyl groups is 3. The Bertz CT molecular complexity index is 1950. The Morgan fingerprint density at radius 3 is 2.25 bits per heavy atom. The second-order valence-corrected chi connectivity index (χ2v) is 15.0. The second-order valence-electron chi connectivity index (χ2n) is 15.0. The molecule has 0 saturated heterocycles. The number of hydrogen-bond donors (Lipinski definition) is 5. The van der Waals surface area contributed by atoms with Gasteiger partial charge in [0, 0.05) is 43.4 Å². The molecule has 6 N–H and O–H groups in total. The third kappa shape index (κ3) is 6.26. The Hall–Kier alpha value is -5.09. The SMILES string of the molecule is Cc1oc(=O)oc1COC(=O)N(Cc1cc(N(C)C)c2c(c1O)C(=O)C1=C(O)[C@]3(O)C(=O)C(C(N)=O)=C(O)[C@@H](N(C)C)[C@@H]3C[C@@H]1C2)CC(C)(C)C. The van der Waals surface area contributed by atoms with Gasteiger partial charge in [0.25, 0.3) is 5.91 Å². The fourth-order valence-electron chi connectivity index (χ4n) is 7.56. The van der Waals surface area contributed by atoms with E-state index >= 15 is 0 Å². The zero-order chi connectivity index (χ0) is 38.1. The highest BCUT2D eigenvalue weighted by molar-refractivity contribution is 6.25. The normalized spacial score (nSPS) is 23.2. The number of allylic oxidation sites excluding steroid dienone is 1. The molecule has 1 aromatic carbocycles. The van der Waals surface area contributed by atoms with Crippen LogP contribution in [0.25, 0.3) is 0 Å². The number of aromatic hydroxyl groups is 1. The van der Waals surface area contributed by atoms with Gasteiger partial charge in [-0.1, -0.05) is 20.8 Å². The van der Waals surface area contributed by atoms with Gasteiger partial charge in [-0.15, -0.1) is 0 Å². The topological polar surface area (TPSA) is 238 Å². The average molecular weight is 713 g/mol. The summed E-state index contributed by atoms with van der Waals surface area (Å²) in [4.78, 5) is 69.8. The van der Waals surface area contributed by atoms with E-state index in [1.807, 2.05) is 20.8 Å². The molecule has 0 spiro atoms. The van der Waals surface area contributed by atoms with Crippen molar-refractivity contribution in [3.8, 4) is 5.75 Å². The number of nitrogens with zero attached hydrogens (tertiary/aromatic N) is 3. The second kappa shape index (κ2) is 12.9. The predicted octanol–water partition coefficient (Wildman–Crippen LogP) is 2.23. The van der Waals surface area contributed by atoms with Crippen molar-refractivity contribution in [1.29, 1.82) is 0 Å². The standard InChI is InChI=1S/C35H44N4O12/c1-15-21(51-33(47)50-15)13-49-32(46)39(14-34(2,3)4)12-17-11-20(37(5)6)18-9-16-10-19-25(38(7)8)28(42)24(31(36)45)30(44)35(19,48)29(43)22(16)27(41)23(18)26(17)40/h11,16,19,25,40,42-43,48H,9-10,12-14H2,1-8H3,(H2,36,45)/t16-,19-,25-,35-/m0/s1. The Morgan fingerprint density at radius 2 is 1.73 bits per heavy atom. The van der Waals surface area contributed by atoms with Crippen molar-refractivity contribution < 1.29 is 53.2 Å². The Labute approximate surface area is 293 Å². The van der Waals surface area contributed by atoms with Crippen LogP contribution in [0.5, 0.6) is 5.75 Å². The number of carbonyl (C=O) groups excluding carboxylic acids is 4. The van der Waals surface area contributed by atoms with Gasteiger partial charge < -0.3 is 49.5 Å². The van der Waals surface area contributed by atoms with E-state index in [0.717, 1.165) is 0 Å². The van der Waals surface area contributed by atoms with Crippen molar-refractivity contribution in [2.45, 2.75) is 65.3 Å². The van der Waals surface area contributed by atoms with Gasteiger partial charge in [-0.3, -0.25) is 19.3 Å². The van der Waals surface area contributed by atoms with E-state index in [9.17, 15) is 44.4 Å². The summed E-state index contributed by atoms with van der Waals surface area (Å²) in [5.41, 5.74) is 1.96. The molecule has 5 rings (SSSR count). The molecular formula is C35H44N4O12. The Kier molecular flexibility index (Phi) is 9.41. The zero-order valence-electron chi connectivity index (χ0n) is 29.8. The Morgan fingerprint density at radius 1 is 1.08 bits per heavy atom. The van der Waals surface area contributed by atoms with Crippen LogP contribution < -0.4 is 16.5 Å². The van der Waals surface area contributed by atoms with Crippen LogP contribution in [0, 0.1) is 24.2 Å². The fraction of sp³-hybridized carbons (Fsp3) is 0.514. The number of aryl methyl sites for hydroxylation is 1. The number of benzene rings is 1. The molecule has 2 amide bonds. The third-order valence-electron chi connectivity index (χ3n) is 9.71. The Balaban J connectivity index is 1.60. The van der Waals surface area contributed by atoms with Gasteiger partial charge in [0.05, 0.1) is 18.2 Å². The van der Waals surface area contributed by atoms with E-state index in [0.29, 0.717) is 11.3 Å². The molecule has 3 aliphatic rings. The first-order valence-corrected chi connectivity index (χ1v) is 16.3. The molecule has 1 aromatic heterocycles. The molecule has 0 fully saturated rings. The van der Waals surface area contributed by atoms with E-state index < -0.39 is 87.7 Å². The maximum absolute atomic E-state index is 14.4. The number of amides is 2. The zero-order valence-corrected chi connectivity index (χ0v) is 29.8. The first-order chi connectivity index (χ1) is 23.6. The molecule has 4 atom stereocenters. The van der Waals surface area contributed by atoms with E-state index in [2.05, 4.69) is 0 Å². The number of rotatable bonds is 8. The molecule has 0 radical (unpaired) electrons. The largest absolute Gasteiger partial charge is 0.519 e. The van der Waals surface area contributed by atoms with Crippen molar-refractivity contribution >= 4 is 29.3 Å². The van der Waals surface area contributed by atoms with Crippen LogP contribution in [0.2, 0.25) is 0 Å². The average Bonchev–Trinajstić information content (AvgIpc) is 3.33. The van der Waals surface area contributed by atoms with Gasteiger partial charge in [-0.05, 0) is 56.8 Å². The number of nitrogens with two attached hydrogens (primary N) is 1. The monoisotopic (exact) mass is 712 g/mol. The number of likely N-dealkylation sites (N-methyl/N-ethyl adjacent to an activating group) is 1. The summed E-state index contributed by atoms with van der Waals surface area (Å²) in [5.74, 6) is -8.26. The minimum atomic E-state index is -2.78. The number of Topliss-reactive ketones (excluding diaryl/α,β-unsaturated/α-hetero) is 2. The van der Waals surface area contributed by atoms with Gasteiger partial charge in [0.15, 0.2) is 29.5 Å². The third-order valence-corrected chi connectivity index (χ3v) is 9.71. The van der Waals surface area contributed by atoms with E-state index in [-0.39, 0.29) is 54.2 Å². The maximum atomic E-state index is 14.4. The number of hydrogen-bond acceptors (Lipinski definition) is 14. The summed E-state index contributed by atoms with van der Waals surface area (Å²) in [6.07, 6.45) is -0.765. The van der Waals surface area contributed by atoms with E-state index in [1.54, 1.807) is 39.2 Å². The van der Waals surface area contributed by atoms with Crippen molar-refractivity contribution in [3.63, 3.8) is 0 Å². The number of anilines is 1. The number of phenolic OH excluding ortho intramolecular Hbond substituents is 1. The van der Waals surface area contributed by atoms with Crippen molar-refractivity contribution in [3.05, 3.63) is 67.6 Å². The highest BCUT2D eigenvalue weighted by Gasteiger charge is 2.63. The van der Waals surface area contributed by atoms with Crippen LogP contribution >= 0.6 is 0 Å². The number of aliphatic hydroxyl groups excluding tert-OH is 2. The summed E-state index contributed by atoms with van der Waals surface area (Å²) >= 11 is 0. The lowest BCUT2D eigenvalue weighted by atomic mass is 9.58. The molecule has 0 saturated carbocycles. The van der Waals surface area contributed by atoms with E-state index in [1.165, 1.54) is 16.7 Å². The molecule has 2 aromatic rings. The number of ether oxygens (including phenoxy) is 1. The van der Waals surface area contributed by atoms with E-state index in [4.69, 9.17) is 19.3 Å². The van der Waals surface area contributed by atoms with Crippen molar-refractivity contribution in [2.24, 2.45) is 23.0 Å². The van der Waals surface area contributed by atoms with Crippen LogP contribution in [-0.2, 0) is 33.9 Å². The minimum absolute atomic E-state index is 0.0298. The maximum Gasteiger partial charge on any atom is 0.519 e. The number of ketones is 2. The number of fused-ring (bicyclic) bond motifs is 3. The van der Waals surface area contributed by atoms with Gasteiger partial charge in [0.1, 0.15) is 22.8 Å². The van der Waals surface area contributed by atoms with Crippen LogP contribution in [0.4, 0.5) is 10.5 Å². The molecule has 276 valence electrons. The van der Waals surface area contributed by atoms with Crippen LogP contribution in [-0.4, -0.2) is 100 Å². The summed E-state index contributed by atoms with van der Waals surface area (Å²) < 4.78 is 15.2. The fourth-order valence-corrected chi connectivity index (χ4v) is 7.56. The molecule has 3 aliphatic carbocycles. The highest BCUT2D eigenvalue weighted by atomic mass is 16.6. The smallest absolute Gasteiger partial charge is 0.510 e. The first-order valence-electron chi connectivity index (χ1n) is 16.3. The van der Waals surface area contributed by atoms with Crippen LogP contribution in [0.15, 0.2) is 42.4 Å². The number of primary amides is 1. The summed E-state index contributed by atoms with van der Waals surface area (Å²) in [5, 5.41) is 46.4. The first kappa shape index (κ1) is 37.2. The molecule has 1 heterocycles. The number of phenols is 1. The summed E-state index contributed by atoms with van der Waals surface area (Å²) in [6.45, 7) is 6.65. The van der Waals surface area contributed by atoms with Gasteiger partial charge in [0.2, 0.25) is 5.78 Å². The lowest BCUT2D eigenvalue weighted by molar-refractivity contribution is -0.148. The molecule has 0 bridgehead atoms. The minimum Gasteiger partial charge on any atom is -0.510 e. The molecule has 16 heteroatoms. The molecule has 16 nitrogen and oxygen atoms in total. The summed E-state index contributed by atoms with van der Waals surface area (Å²) in [7, 11) is 6.60. The van der Waals surface area contributed by atoms with Crippen LogP contribution in [0.1, 0.15) is 60.2 Å². The van der Waals surface area contributed by atoms with Gasteiger partial charge in [-0.25, -0.2) is 9.59 Å². The predicted molar refractivity (Wildman–Crippen MR) is 180 cm³/mol. The van der Waals surface area contributed by atoms with Gasteiger partial charge >= 0.3 is 11.9 Å². The molecular weight excluding hydrogens is 668 g/mol. The number of carbonyl (C=O) groups is 4. The molecule has 0 unspecified atom stereocenters. The lowest BCUT2D eigenvalue weighted by Crippen LogP contribution is -2.63. The quantitative estimate of drug-likeness (QED) is 0.247. The lowest BCUT2D eigenvalue weighted by Gasteiger charge is -2.50.